The van der Waals surface area contributed by atoms with Gasteiger partial charge in [-0.25, -0.2) is 0 Å². The lowest BCUT2D eigenvalue weighted by Crippen LogP contribution is -2.58. The highest BCUT2D eigenvalue weighted by atomic mass is 35.5. The summed E-state index contributed by atoms with van der Waals surface area (Å²) >= 11 is 11.8. The quantitative estimate of drug-likeness (QED) is 0.245. The van der Waals surface area contributed by atoms with E-state index < -0.39 is 66.8 Å². The van der Waals surface area contributed by atoms with Gasteiger partial charge in [0.15, 0.2) is 6.61 Å². The molecular weight excluding hydrogens is 588 g/mol. The van der Waals surface area contributed by atoms with Crippen molar-refractivity contribution >= 4 is 46.7 Å². The number of carbonyl (C=O) groups excluding carboxylic acids is 4. The summed E-state index contributed by atoms with van der Waals surface area (Å²) in [5.41, 5.74) is 0.198. The topological polar surface area (TPSA) is 114 Å². The van der Waals surface area contributed by atoms with Gasteiger partial charge in [-0.3, -0.25) is 19.2 Å². The number of alkyl halides is 5. The molecule has 0 aromatic heterocycles. The van der Waals surface area contributed by atoms with Crippen molar-refractivity contribution in [2.24, 2.45) is 5.92 Å². The van der Waals surface area contributed by atoms with Gasteiger partial charge in [-0.05, 0) is 29.7 Å². The van der Waals surface area contributed by atoms with Crippen LogP contribution in [0.5, 0.6) is 5.75 Å². The molecule has 40 heavy (non-hydrogen) atoms. The molecule has 0 bridgehead atoms. The Hall–Kier alpha value is -3.45. The van der Waals surface area contributed by atoms with Crippen LogP contribution >= 0.6 is 23.2 Å². The van der Waals surface area contributed by atoms with Crippen molar-refractivity contribution in [3.8, 4) is 5.75 Å². The molecule has 0 radical (unpaired) electrons. The average molecular weight is 612 g/mol. The summed E-state index contributed by atoms with van der Waals surface area (Å²) < 4.78 is 71.4. The number of nitrogens with one attached hydrogen (secondary N) is 3. The monoisotopic (exact) mass is 611 g/mol. The number of carbonyl (C=O) groups is 4. The van der Waals surface area contributed by atoms with Crippen LogP contribution in [0.25, 0.3) is 0 Å². The van der Waals surface area contributed by atoms with Crippen molar-refractivity contribution in [1.29, 1.82) is 0 Å². The first-order chi connectivity index (χ1) is 18.5. The Bertz CT molecular complexity index is 1210. The van der Waals surface area contributed by atoms with Gasteiger partial charge in [0.05, 0.1) is 6.04 Å². The lowest BCUT2D eigenvalue weighted by molar-refractivity contribution is -0.165. The number of hydrogen-bond acceptors (Lipinski definition) is 5. The first kappa shape index (κ1) is 32.8. The van der Waals surface area contributed by atoms with Gasteiger partial charge in [0, 0.05) is 10.0 Å². The van der Waals surface area contributed by atoms with Gasteiger partial charge >= 0.3 is 12.1 Å². The zero-order valence-corrected chi connectivity index (χ0v) is 22.5. The van der Waals surface area contributed by atoms with Crippen molar-refractivity contribution < 1.29 is 45.9 Å². The second-order valence-corrected chi connectivity index (χ2v) is 9.64. The zero-order chi connectivity index (χ0) is 30.3. The van der Waals surface area contributed by atoms with Gasteiger partial charge in [0.2, 0.25) is 11.7 Å². The summed E-state index contributed by atoms with van der Waals surface area (Å²) in [5, 5.41) is 5.88. The predicted molar refractivity (Wildman–Crippen MR) is 135 cm³/mol. The van der Waals surface area contributed by atoms with Crippen LogP contribution in [0, 0.1) is 5.92 Å². The molecule has 1 unspecified atom stereocenters. The summed E-state index contributed by atoms with van der Waals surface area (Å²) in [6, 6.07) is 8.20. The van der Waals surface area contributed by atoms with Crippen LogP contribution in [-0.4, -0.2) is 54.8 Å². The molecule has 8 nitrogen and oxygen atoms in total. The fourth-order valence-corrected chi connectivity index (χ4v) is 3.79. The number of benzene rings is 2. The maximum atomic E-state index is 14.5. The van der Waals surface area contributed by atoms with Crippen molar-refractivity contribution in [3.05, 3.63) is 64.1 Å². The molecule has 0 heterocycles. The standard InChI is InChI=1S/C25H24Cl2F5N3O5/c1-13(2)19(21(37)25(31,32)23(39)33-12-24(28,29)30)35-22(38)20(14-6-4-3-5-7-14)34-18(36)11-40-17-9-15(26)8-16(27)10-17/h3-10,13,19-20H,11-12H2,1-2H3,(H,33,39)(H,34,36)(H,35,38)/t19-,20?/m0/s1. The van der Waals surface area contributed by atoms with Crippen molar-refractivity contribution in [3.63, 3.8) is 0 Å². The van der Waals surface area contributed by atoms with Crippen LogP contribution < -0.4 is 20.7 Å². The molecule has 218 valence electrons. The maximum Gasteiger partial charge on any atom is 0.405 e. The van der Waals surface area contributed by atoms with Crippen molar-refractivity contribution in [2.75, 3.05) is 13.2 Å². The number of ketones is 1. The smallest absolute Gasteiger partial charge is 0.405 e. The Morgan fingerprint density at radius 3 is 2.00 bits per heavy atom. The highest BCUT2D eigenvalue weighted by molar-refractivity contribution is 6.34. The van der Waals surface area contributed by atoms with E-state index in [9.17, 15) is 41.1 Å². The largest absolute Gasteiger partial charge is 0.484 e. The van der Waals surface area contributed by atoms with Gasteiger partial charge in [-0.15, -0.1) is 0 Å². The normalized spacial score (nSPS) is 13.2. The first-order valence-corrected chi connectivity index (χ1v) is 12.3. The van der Waals surface area contributed by atoms with E-state index in [1.807, 2.05) is 0 Å². The first-order valence-electron chi connectivity index (χ1n) is 11.5. The molecule has 3 amide bonds. The highest BCUT2D eigenvalue weighted by Crippen LogP contribution is 2.25. The van der Waals surface area contributed by atoms with E-state index in [1.165, 1.54) is 56.3 Å². The molecule has 0 saturated carbocycles. The third-order valence-electron chi connectivity index (χ3n) is 5.20. The number of amides is 3. The Balaban J connectivity index is 2.21. The van der Waals surface area contributed by atoms with Crippen LogP contribution in [0.2, 0.25) is 10.0 Å². The second kappa shape index (κ2) is 13.8. The fourth-order valence-electron chi connectivity index (χ4n) is 3.28. The SMILES string of the molecule is CC(C)[C@H](NC(=O)C(NC(=O)COc1cc(Cl)cc(Cl)c1)c1ccccc1)C(=O)C(F)(F)C(=O)NCC(F)(F)F. The van der Waals surface area contributed by atoms with E-state index in [0.29, 0.717) is 0 Å². The lowest BCUT2D eigenvalue weighted by atomic mass is 9.94. The van der Waals surface area contributed by atoms with Crippen molar-refractivity contribution in [1.82, 2.24) is 16.0 Å². The molecular formula is C25H24Cl2F5N3O5. The van der Waals surface area contributed by atoms with Crippen LogP contribution in [-0.2, 0) is 19.2 Å². The molecule has 0 aliphatic heterocycles. The highest BCUT2D eigenvalue weighted by Gasteiger charge is 2.52. The molecule has 2 atom stereocenters. The van der Waals surface area contributed by atoms with Gasteiger partial charge in [-0.2, -0.15) is 22.0 Å². The lowest BCUT2D eigenvalue weighted by Gasteiger charge is -2.27. The number of halogens is 7. The summed E-state index contributed by atoms with van der Waals surface area (Å²) in [4.78, 5) is 50.1. The Morgan fingerprint density at radius 1 is 0.900 bits per heavy atom. The van der Waals surface area contributed by atoms with Crippen LogP contribution in [0.15, 0.2) is 48.5 Å². The molecule has 2 rings (SSSR count). The number of Topliss-reactive ketones (excluding diaryl/α,β-unsaturated/α-hetero) is 1. The van der Waals surface area contributed by atoms with Crippen LogP contribution in [0.3, 0.4) is 0 Å². The molecule has 0 spiro atoms. The van der Waals surface area contributed by atoms with E-state index >= 15 is 0 Å². The van der Waals surface area contributed by atoms with Crippen LogP contribution in [0.4, 0.5) is 22.0 Å². The van der Waals surface area contributed by atoms with E-state index in [0.717, 1.165) is 5.32 Å². The van der Waals surface area contributed by atoms with Crippen LogP contribution in [0.1, 0.15) is 25.5 Å². The predicted octanol–water partition coefficient (Wildman–Crippen LogP) is 4.25. The number of rotatable bonds is 12. The minimum Gasteiger partial charge on any atom is -0.484 e. The minimum atomic E-state index is -5.00. The van der Waals surface area contributed by atoms with E-state index in [1.54, 1.807) is 6.07 Å². The number of hydrogen-bond donors (Lipinski definition) is 3. The summed E-state index contributed by atoms with van der Waals surface area (Å²) in [6.07, 6.45) is -5.00. The minimum absolute atomic E-state index is 0.143. The average Bonchev–Trinajstić information content (AvgIpc) is 2.86. The second-order valence-electron chi connectivity index (χ2n) is 8.77. The molecule has 2 aromatic rings. The van der Waals surface area contributed by atoms with Gasteiger partial charge in [-0.1, -0.05) is 67.4 Å². The van der Waals surface area contributed by atoms with Gasteiger partial charge in [0.25, 0.3) is 11.8 Å². The maximum absolute atomic E-state index is 14.5. The van der Waals surface area contributed by atoms with E-state index in [-0.39, 0.29) is 21.4 Å². The summed E-state index contributed by atoms with van der Waals surface area (Å²) in [6.45, 7) is -0.157. The molecule has 0 aliphatic carbocycles. The number of ether oxygens (including phenoxy) is 1. The van der Waals surface area contributed by atoms with Gasteiger partial charge in [0.1, 0.15) is 18.3 Å². The molecule has 2 aromatic carbocycles. The summed E-state index contributed by atoms with van der Waals surface area (Å²) in [7, 11) is 0. The molecule has 0 fully saturated rings. The Morgan fingerprint density at radius 2 is 1.48 bits per heavy atom. The molecule has 0 saturated heterocycles. The molecule has 0 aliphatic rings. The van der Waals surface area contributed by atoms with Crippen molar-refractivity contribution in [2.45, 2.75) is 38.0 Å². The fraction of sp³-hybridized carbons (Fsp3) is 0.360. The third-order valence-corrected chi connectivity index (χ3v) is 5.63. The van der Waals surface area contributed by atoms with Gasteiger partial charge < -0.3 is 20.7 Å². The Labute approximate surface area is 235 Å². The molecule has 15 heteroatoms. The third kappa shape index (κ3) is 9.63. The van der Waals surface area contributed by atoms with E-state index in [4.69, 9.17) is 27.9 Å². The van der Waals surface area contributed by atoms with E-state index in [2.05, 4.69) is 10.6 Å². The molecule has 3 N–H and O–H groups in total. The summed E-state index contributed by atoms with van der Waals surface area (Å²) in [5.74, 6) is -12.3. The Kier molecular flexibility index (Phi) is 11.3. The zero-order valence-electron chi connectivity index (χ0n) is 21.0.